The number of unbranched alkanes of at least 4 members (excludes halogenated alkanes) is 6. The van der Waals surface area contributed by atoms with Crippen molar-refractivity contribution in [3.63, 3.8) is 0 Å². The Kier molecular flexibility index (Phi) is 17.9. The van der Waals surface area contributed by atoms with Gasteiger partial charge in [0, 0.05) is 39.0 Å². The van der Waals surface area contributed by atoms with E-state index < -0.39 is 6.04 Å². The Morgan fingerprint density at radius 2 is 1.27 bits per heavy atom. The van der Waals surface area contributed by atoms with E-state index in [4.69, 9.17) is 5.73 Å². The monoisotopic (exact) mass is 564 g/mol. The summed E-state index contributed by atoms with van der Waals surface area (Å²) < 4.78 is 0. The fourth-order valence-electron chi connectivity index (χ4n) is 4.81. The van der Waals surface area contributed by atoms with Crippen LogP contribution in [0.5, 0.6) is 0 Å². The maximum Gasteiger partial charge on any atom is 0.237 e. The molecule has 226 valence electrons. The van der Waals surface area contributed by atoms with Crippen LogP contribution in [0.1, 0.15) is 88.7 Å². The zero-order valence-electron chi connectivity index (χ0n) is 25.1. The van der Waals surface area contributed by atoms with Gasteiger partial charge in [0.2, 0.25) is 17.7 Å². The maximum absolute atomic E-state index is 13.0. The zero-order chi connectivity index (χ0) is 29.5. The molecule has 0 saturated carbocycles. The van der Waals surface area contributed by atoms with E-state index in [-0.39, 0.29) is 17.7 Å². The van der Waals surface area contributed by atoms with E-state index in [0.29, 0.717) is 58.3 Å². The molecule has 2 rings (SSSR count). The molecule has 0 radical (unpaired) electrons. The lowest BCUT2D eigenvalue weighted by atomic mass is 10.1. The first-order valence-corrected chi connectivity index (χ1v) is 15.6. The van der Waals surface area contributed by atoms with E-state index in [1.165, 1.54) is 32.1 Å². The standard InChI is InChI=1S/C34H52N4O3/c1-2-3-4-5-6-7-14-21-33(40)38(26-15-24-36-32(39)23-22-29-17-10-8-11-18-29)27-16-25-37-34(41)31(35)28-30-19-12-9-13-20-30/h8-13,17-20,31H,2-7,14-16,21-28,35H2,1H3,(H,36,39)(H,37,41)/t31-/m0/s1. The SMILES string of the molecule is CCCCCCCCCC(=O)N(CCCNC(=O)CCc1ccccc1)CCCNC(=O)[C@@H](N)Cc1ccccc1. The molecule has 0 saturated heterocycles. The number of nitrogens with one attached hydrogen (secondary N) is 2. The minimum Gasteiger partial charge on any atom is -0.356 e. The molecular weight excluding hydrogens is 512 g/mol. The molecule has 7 nitrogen and oxygen atoms in total. The van der Waals surface area contributed by atoms with Crippen molar-refractivity contribution in [2.24, 2.45) is 5.73 Å². The molecule has 0 aliphatic carbocycles. The van der Waals surface area contributed by atoms with Crippen molar-refractivity contribution in [1.82, 2.24) is 15.5 Å². The number of carbonyl (C=O) groups is 3. The van der Waals surface area contributed by atoms with Crippen LogP contribution >= 0.6 is 0 Å². The third-order valence-corrected chi connectivity index (χ3v) is 7.30. The summed E-state index contributed by atoms with van der Waals surface area (Å²) in [5.74, 6) is 0.0124. The first kappa shape index (κ1) is 34.0. The molecule has 0 spiro atoms. The Hall–Kier alpha value is -3.19. The predicted molar refractivity (Wildman–Crippen MR) is 167 cm³/mol. The highest BCUT2D eigenvalue weighted by molar-refractivity contribution is 5.81. The van der Waals surface area contributed by atoms with Gasteiger partial charge in [-0.3, -0.25) is 14.4 Å². The summed E-state index contributed by atoms with van der Waals surface area (Å²) >= 11 is 0. The van der Waals surface area contributed by atoms with Gasteiger partial charge in [0.1, 0.15) is 0 Å². The average Bonchev–Trinajstić information content (AvgIpc) is 2.99. The van der Waals surface area contributed by atoms with Crippen LogP contribution in [-0.4, -0.2) is 54.8 Å². The molecule has 4 N–H and O–H groups in total. The van der Waals surface area contributed by atoms with Crippen LogP contribution in [0, 0.1) is 0 Å². The second-order valence-electron chi connectivity index (χ2n) is 10.9. The summed E-state index contributed by atoms with van der Waals surface area (Å²) in [5, 5.41) is 5.91. The van der Waals surface area contributed by atoms with Crippen molar-refractivity contribution in [2.45, 2.75) is 96.4 Å². The first-order chi connectivity index (χ1) is 20.0. The van der Waals surface area contributed by atoms with E-state index in [1.54, 1.807) is 0 Å². The molecule has 0 heterocycles. The number of amides is 3. The third kappa shape index (κ3) is 16.0. The molecule has 41 heavy (non-hydrogen) atoms. The number of aryl methyl sites for hydroxylation is 1. The van der Waals surface area contributed by atoms with Gasteiger partial charge in [-0.25, -0.2) is 0 Å². The smallest absolute Gasteiger partial charge is 0.237 e. The van der Waals surface area contributed by atoms with Gasteiger partial charge in [0.15, 0.2) is 0 Å². The second kappa shape index (κ2) is 21.5. The molecule has 0 unspecified atom stereocenters. The van der Waals surface area contributed by atoms with E-state index in [0.717, 1.165) is 30.4 Å². The molecule has 7 heteroatoms. The summed E-state index contributed by atoms with van der Waals surface area (Å²) in [7, 11) is 0. The van der Waals surface area contributed by atoms with Crippen molar-refractivity contribution in [2.75, 3.05) is 26.2 Å². The highest BCUT2D eigenvalue weighted by Crippen LogP contribution is 2.10. The fraction of sp³-hybridized carbons (Fsp3) is 0.559. The number of nitrogens with two attached hydrogens (primary N) is 1. The molecule has 0 aliphatic rings. The summed E-state index contributed by atoms with van der Waals surface area (Å²) in [6, 6.07) is 19.1. The van der Waals surface area contributed by atoms with Crippen LogP contribution in [0.3, 0.4) is 0 Å². The minimum atomic E-state index is -0.599. The second-order valence-corrected chi connectivity index (χ2v) is 10.9. The van der Waals surface area contributed by atoms with Crippen molar-refractivity contribution in [1.29, 1.82) is 0 Å². The first-order valence-electron chi connectivity index (χ1n) is 15.6. The number of rotatable bonds is 22. The molecule has 3 amide bonds. The molecule has 0 bridgehead atoms. The quantitative estimate of drug-likeness (QED) is 0.172. The van der Waals surface area contributed by atoms with Crippen LogP contribution in [0.25, 0.3) is 0 Å². The summed E-state index contributed by atoms with van der Waals surface area (Å²) in [6.07, 6.45) is 11.8. The molecule has 1 atom stereocenters. The Bertz CT molecular complexity index is 984. The van der Waals surface area contributed by atoms with Gasteiger partial charge in [-0.2, -0.15) is 0 Å². The van der Waals surface area contributed by atoms with Gasteiger partial charge >= 0.3 is 0 Å². The van der Waals surface area contributed by atoms with Crippen LogP contribution in [-0.2, 0) is 27.2 Å². The van der Waals surface area contributed by atoms with Crippen molar-refractivity contribution < 1.29 is 14.4 Å². The number of nitrogens with zero attached hydrogens (tertiary/aromatic N) is 1. The number of carbonyl (C=O) groups excluding carboxylic acids is 3. The van der Waals surface area contributed by atoms with Gasteiger partial charge < -0.3 is 21.3 Å². The Balaban J connectivity index is 1.72. The molecule has 0 fully saturated rings. The molecular formula is C34H52N4O3. The zero-order valence-corrected chi connectivity index (χ0v) is 25.1. The van der Waals surface area contributed by atoms with E-state index in [1.807, 2.05) is 65.6 Å². The molecule has 2 aromatic carbocycles. The number of hydrogen-bond acceptors (Lipinski definition) is 4. The Morgan fingerprint density at radius 3 is 1.90 bits per heavy atom. The van der Waals surface area contributed by atoms with Gasteiger partial charge in [-0.15, -0.1) is 0 Å². The normalized spacial score (nSPS) is 11.6. The molecule has 0 aliphatic heterocycles. The fourth-order valence-corrected chi connectivity index (χ4v) is 4.81. The van der Waals surface area contributed by atoms with Crippen LogP contribution < -0.4 is 16.4 Å². The summed E-state index contributed by atoms with van der Waals surface area (Å²) in [6.45, 7) is 4.40. The lowest BCUT2D eigenvalue weighted by molar-refractivity contribution is -0.131. The van der Waals surface area contributed by atoms with E-state index in [9.17, 15) is 14.4 Å². The largest absolute Gasteiger partial charge is 0.356 e. The average molecular weight is 565 g/mol. The summed E-state index contributed by atoms with van der Waals surface area (Å²) in [5.41, 5.74) is 8.28. The number of benzene rings is 2. The minimum absolute atomic E-state index is 0.0318. The topological polar surface area (TPSA) is 105 Å². The van der Waals surface area contributed by atoms with Crippen LogP contribution in [0.15, 0.2) is 60.7 Å². The van der Waals surface area contributed by atoms with Gasteiger partial charge in [-0.05, 0) is 43.2 Å². The van der Waals surface area contributed by atoms with Crippen molar-refractivity contribution in [3.8, 4) is 0 Å². The molecule has 0 aromatic heterocycles. The third-order valence-electron chi connectivity index (χ3n) is 7.30. The Labute approximate surface area is 247 Å². The lowest BCUT2D eigenvalue weighted by Gasteiger charge is -2.23. The van der Waals surface area contributed by atoms with Crippen LogP contribution in [0.4, 0.5) is 0 Å². The van der Waals surface area contributed by atoms with Crippen LogP contribution in [0.2, 0.25) is 0 Å². The van der Waals surface area contributed by atoms with Gasteiger partial charge in [0.05, 0.1) is 6.04 Å². The highest BCUT2D eigenvalue weighted by atomic mass is 16.2. The predicted octanol–water partition coefficient (Wildman–Crippen LogP) is 5.17. The van der Waals surface area contributed by atoms with Crippen molar-refractivity contribution >= 4 is 17.7 Å². The Morgan fingerprint density at radius 1 is 0.707 bits per heavy atom. The van der Waals surface area contributed by atoms with E-state index in [2.05, 4.69) is 17.6 Å². The summed E-state index contributed by atoms with van der Waals surface area (Å²) in [4.78, 5) is 39.7. The van der Waals surface area contributed by atoms with E-state index >= 15 is 0 Å². The van der Waals surface area contributed by atoms with Crippen molar-refractivity contribution in [3.05, 3.63) is 71.8 Å². The van der Waals surface area contributed by atoms with Gasteiger partial charge in [-0.1, -0.05) is 106 Å². The van der Waals surface area contributed by atoms with Gasteiger partial charge in [0.25, 0.3) is 0 Å². The highest BCUT2D eigenvalue weighted by Gasteiger charge is 2.16. The lowest BCUT2D eigenvalue weighted by Crippen LogP contribution is -2.43. The maximum atomic E-state index is 13.0. The number of hydrogen-bond donors (Lipinski definition) is 3. The molecule has 2 aromatic rings.